The van der Waals surface area contributed by atoms with Gasteiger partial charge in [-0.25, -0.2) is 8.42 Å². The van der Waals surface area contributed by atoms with Gasteiger partial charge in [0.25, 0.3) is 0 Å². The molecule has 0 heterocycles. The minimum Gasteiger partial charge on any atom is -0.855 e. The average Bonchev–Trinajstić information content (AvgIpc) is 2.54. The van der Waals surface area contributed by atoms with Crippen LogP contribution < -0.4 is 39.9 Å². The summed E-state index contributed by atoms with van der Waals surface area (Å²) < 4.78 is 34.5. The van der Waals surface area contributed by atoms with Gasteiger partial charge in [-0.1, -0.05) is 85.5 Å². The Morgan fingerprint density at radius 3 is 1.03 bits per heavy atom. The van der Waals surface area contributed by atoms with Crippen molar-refractivity contribution in [1.82, 2.24) is 24.6 Å². The normalized spacial score (nSPS) is 8.53. The minimum absolute atomic E-state index is 0. The molecule has 0 bridgehead atoms. The highest BCUT2D eigenvalue weighted by Crippen LogP contribution is 2.10. The van der Waals surface area contributed by atoms with Gasteiger partial charge in [-0.05, 0) is 6.42 Å². The van der Waals surface area contributed by atoms with E-state index >= 15 is 0 Å². The fraction of sp³-hybridized carbons (Fsp3) is 1.00. The van der Waals surface area contributed by atoms with Gasteiger partial charge in [-0.2, -0.15) is 0 Å². The molecule has 0 aliphatic heterocycles. The topological polar surface area (TPSA) is 282 Å². The molecular weight excluding hydrogens is 416 g/mol. The van der Waals surface area contributed by atoms with Crippen LogP contribution in [0, 0.1) is 0 Å². The highest BCUT2D eigenvalue weighted by Gasteiger charge is 1.95. The molecule has 0 radical (unpaired) electrons. The Morgan fingerprint density at radius 1 is 0.567 bits per heavy atom. The first kappa shape index (κ1) is 51.9. The zero-order valence-corrected chi connectivity index (χ0v) is 22.0. The van der Waals surface area contributed by atoms with Crippen LogP contribution in [-0.2, 0) is 14.6 Å². The van der Waals surface area contributed by atoms with Gasteiger partial charge in [0, 0.05) is 0 Å². The largest absolute Gasteiger partial charge is 0.855 e. The van der Waals surface area contributed by atoms with Gasteiger partial charge in [0.05, 0.1) is 6.61 Å². The molecule has 0 aromatic carbocycles. The Kier molecular flexibility index (Phi) is 88.8. The van der Waals surface area contributed by atoms with Crippen LogP contribution in [0.2, 0.25) is 0 Å². The standard InChI is InChI=1S/C12H26O4S.3C2H5O.4H3N/c1-2-3-4-5-6-7-8-9-10-11-12-16-17(13,14)15;3*1-2-3;;;;/h2-12H2,1H3,(H,13,14,15);3*2H2,1H3;4*1H3/q;3*-1;;;;/p+3. The molecule has 0 aliphatic carbocycles. The quantitative estimate of drug-likeness (QED) is 0.187. The van der Waals surface area contributed by atoms with Gasteiger partial charge in [0.2, 0.25) is 10.4 Å². The van der Waals surface area contributed by atoms with Crippen LogP contribution in [-0.4, -0.2) is 39.4 Å². The van der Waals surface area contributed by atoms with Crippen molar-refractivity contribution >= 4 is 10.4 Å². The molecule has 196 valence electrons. The Hall–Kier alpha value is -0.410. The van der Waals surface area contributed by atoms with E-state index in [0.717, 1.165) is 12.8 Å². The van der Waals surface area contributed by atoms with E-state index in [1.54, 1.807) is 20.8 Å². The number of quaternary nitrogens is 4. The molecule has 0 spiro atoms. The predicted molar refractivity (Wildman–Crippen MR) is 123 cm³/mol. The summed E-state index contributed by atoms with van der Waals surface area (Å²) in [4.78, 5) is 0. The Labute approximate surface area is 186 Å². The molecule has 0 atom stereocenters. The van der Waals surface area contributed by atoms with E-state index in [9.17, 15) is 13.0 Å². The molecule has 0 amide bonds. The second kappa shape index (κ2) is 51.3. The maximum atomic E-state index is 10.1. The molecule has 16 N–H and O–H groups in total. The summed E-state index contributed by atoms with van der Waals surface area (Å²) >= 11 is 0. The average molecular weight is 473 g/mol. The van der Waals surface area contributed by atoms with E-state index in [-0.39, 0.29) is 51.0 Å². The number of rotatable bonds is 12. The van der Waals surface area contributed by atoms with Crippen molar-refractivity contribution in [1.29, 1.82) is 0 Å². The van der Waals surface area contributed by atoms with Crippen molar-refractivity contribution in [2.75, 3.05) is 26.4 Å². The molecule has 11 nitrogen and oxygen atoms in total. The van der Waals surface area contributed by atoms with Crippen LogP contribution in [0.1, 0.15) is 91.9 Å². The second-order valence-corrected chi connectivity index (χ2v) is 6.33. The fourth-order valence-corrected chi connectivity index (χ4v) is 2.07. The molecule has 12 heteroatoms. The lowest BCUT2D eigenvalue weighted by atomic mass is 10.1. The monoisotopic (exact) mass is 472 g/mol. The Balaban J connectivity index is -0.0000000533. The first-order valence-electron chi connectivity index (χ1n) is 9.65. The van der Waals surface area contributed by atoms with Crippen molar-refractivity contribution in [3.63, 3.8) is 0 Å². The van der Waals surface area contributed by atoms with Crippen LogP contribution in [0.3, 0.4) is 0 Å². The van der Waals surface area contributed by atoms with Crippen LogP contribution in [0.4, 0.5) is 0 Å². The maximum Gasteiger partial charge on any atom is 0.217 e. The number of hydrogen-bond acceptors (Lipinski definition) is 7. The summed E-state index contributed by atoms with van der Waals surface area (Å²) in [5, 5.41) is 26.8. The Bertz CT molecular complexity index is 308. The van der Waals surface area contributed by atoms with E-state index < -0.39 is 10.4 Å². The summed E-state index contributed by atoms with van der Waals surface area (Å²) in [6, 6.07) is 0. The highest BCUT2D eigenvalue weighted by molar-refractivity contribution is 7.80. The lowest BCUT2D eigenvalue weighted by molar-refractivity contribution is -0.362. The fourth-order valence-electron chi connectivity index (χ4n) is 1.75. The molecule has 0 fully saturated rings. The van der Waals surface area contributed by atoms with Crippen LogP contribution in [0.5, 0.6) is 0 Å². The van der Waals surface area contributed by atoms with E-state index in [4.69, 9.17) is 15.3 Å². The van der Waals surface area contributed by atoms with Crippen molar-refractivity contribution in [3.05, 3.63) is 0 Å². The molecule has 0 rings (SSSR count). The number of hydrogen-bond donors (Lipinski definition) is 4. The molecule has 0 saturated heterocycles. The molecular formula is C18H56N4O7S. The van der Waals surface area contributed by atoms with Gasteiger partial charge in [-0.3, -0.25) is 4.18 Å². The van der Waals surface area contributed by atoms with Crippen LogP contribution >= 0.6 is 0 Å². The van der Waals surface area contributed by atoms with Gasteiger partial charge >= 0.3 is 0 Å². The van der Waals surface area contributed by atoms with Crippen molar-refractivity contribution < 1.29 is 32.5 Å². The summed E-state index contributed by atoms with van der Waals surface area (Å²) in [7, 11) is -4.48. The molecule has 0 aromatic heterocycles. The molecule has 30 heavy (non-hydrogen) atoms. The van der Waals surface area contributed by atoms with Crippen molar-refractivity contribution in [3.8, 4) is 0 Å². The highest BCUT2D eigenvalue weighted by atomic mass is 32.3. The van der Waals surface area contributed by atoms with E-state index in [0.29, 0.717) is 6.42 Å². The van der Waals surface area contributed by atoms with Crippen molar-refractivity contribution in [2.45, 2.75) is 91.9 Å². The predicted octanol–water partition coefficient (Wildman–Crippen LogP) is 2.99. The molecule has 0 aromatic rings. The number of unbranched alkanes of at least 4 members (excludes halogenated alkanes) is 9. The van der Waals surface area contributed by atoms with Crippen LogP contribution in [0.15, 0.2) is 0 Å². The zero-order chi connectivity index (χ0) is 21.1. The first-order chi connectivity index (χ1) is 12.3. The summed E-state index contributed by atoms with van der Waals surface area (Å²) in [6.07, 6.45) is 11.7. The lowest BCUT2D eigenvalue weighted by Gasteiger charge is -2.06. The van der Waals surface area contributed by atoms with Gasteiger partial charge in [-0.15, -0.1) is 19.8 Å². The maximum absolute atomic E-state index is 10.1. The van der Waals surface area contributed by atoms with Crippen molar-refractivity contribution in [2.24, 2.45) is 0 Å². The van der Waals surface area contributed by atoms with Gasteiger partial charge < -0.3 is 44.5 Å². The Morgan fingerprint density at radius 2 is 0.800 bits per heavy atom. The molecule has 0 unspecified atom stereocenters. The van der Waals surface area contributed by atoms with E-state index in [2.05, 4.69) is 11.1 Å². The summed E-state index contributed by atoms with van der Waals surface area (Å²) in [6.45, 7) is 6.95. The summed E-state index contributed by atoms with van der Waals surface area (Å²) in [5.74, 6) is 0. The lowest BCUT2D eigenvalue weighted by Crippen LogP contribution is -2.05. The smallest absolute Gasteiger partial charge is 0.217 e. The molecule has 0 saturated carbocycles. The van der Waals surface area contributed by atoms with E-state index in [1.807, 2.05) is 0 Å². The van der Waals surface area contributed by atoms with E-state index in [1.165, 1.54) is 44.9 Å². The van der Waals surface area contributed by atoms with Gasteiger partial charge in [0.15, 0.2) is 0 Å². The minimum atomic E-state index is -4.48. The third-order valence-electron chi connectivity index (χ3n) is 2.73. The third-order valence-corrected chi connectivity index (χ3v) is 3.18. The van der Waals surface area contributed by atoms with Crippen LogP contribution in [0.25, 0.3) is 0 Å². The van der Waals surface area contributed by atoms with Gasteiger partial charge in [0.1, 0.15) is 0 Å². The summed E-state index contributed by atoms with van der Waals surface area (Å²) in [5.41, 5.74) is 0. The zero-order valence-electron chi connectivity index (χ0n) is 21.2. The third kappa shape index (κ3) is 106. The SMILES string of the molecule is CCCCCCCCCCCCOS(=O)(=O)[O-].CC[O-].CC[O-].CC[O-].[NH4+].[NH4+].[NH4+].[NH4+]. The first-order valence-corrected chi connectivity index (χ1v) is 11.0. The second-order valence-electron chi connectivity index (χ2n) is 5.28. The molecule has 0 aliphatic rings.